The number of anilines is 1. The molecule has 3 nitrogen and oxygen atoms in total. The summed E-state index contributed by atoms with van der Waals surface area (Å²) in [7, 11) is 0. The summed E-state index contributed by atoms with van der Waals surface area (Å²) >= 11 is 12.3. The smallest absolute Gasteiger partial charge is 0.165 e. The Bertz CT molecular complexity index is 1070. The number of benzene rings is 3. The maximum absolute atomic E-state index is 6.33. The van der Waals surface area contributed by atoms with Gasteiger partial charge >= 0.3 is 0 Å². The number of para-hydroxylation sites is 1. The average Bonchev–Trinajstić information content (AvgIpc) is 2.79. The summed E-state index contributed by atoms with van der Waals surface area (Å²) in [5, 5.41) is 4.74. The maximum Gasteiger partial charge on any atom is 0.165 e. The van der Waals surface area contributed by atoms with E-state index in [0.717, 1.165) is 40.3 Å². The van der Waals surface area contributed by atoms with Crippen LogP contribution in [0.25, 0.3) is 0 Å². The third-order valence-electron chi connectivity index (χ3n) is 5.12. The Hall–Kier alpha value is -2.62. The van der Waals surface area contributed by atoms with Crippen LogP contribution in [0.3, 0.4) is 0 Å². The summed E-state index contributed by atoms with van der Waals surface area (Å²) in [6.07, 6.45) is 3.52. The molecule has 32 heavy (non-hydrogen) atoms. The Morgan fingerprint density at radius 3 is 2.47 bits per heavy atom. The topological polar surface area (TPSA) is 30.5 Å². The molecule has 3 aromatic carbocycles. The number of hydrogen-bond donors (Lipinski definition) is 1. The number of hydrogen-bond acceptors (Lipinski definition) is 3. The van der Waals surface area contributed by atoms with Crippen molar-refractivity contribution >= 4 is 28.9 Å². The summed E-state index contributed by atoms with van der Waals surface area (Å²) in [5.41, 5.74) is 5.45. The van der Waals surface area contributed by atoms with Gasteiger partial charge in [-0.05, 0) is 61.2 Å². The number of aryl methyl sites for hydroxylation is 1. The van der Waals surface area contributed by atoms with E-state index < -0.39 is 0 Å². The third-order valence-corrected chi connectivity index (χ3v) is 5.71. The van der Waals surface area contributed by atoms with E-state index in [-0.39, 0.29) is 0 Å². The zero-order valence-electron chi connectivity index (χ0n) is 18.6. The molecule has 0 fully saturated rings. The molecule has 0 spiro atoms. The molecule has 0 aliphatic rings. The number of nitrogens with one attached hydrogen (secondary N) is 1. The van der Waals surface area contributed by atoms with Crippen LogP contribution >= 0.6 is 23.2 Å². The minimum absolute atomic E-state index is 0.321. The second-order valence-corrected chi connectivity index (χ2v) is 8.24. The van der Waals surface area contributed by atoms with Crippen molar-refractivity contribution in [1.29, 1.82) is 0 Å². The summed E-state index contributed by atoms with van der Waals surface area (Å²) in [6, 6.07) is 18.0. The summed E-state index contributed by atoms with van der Waals surface area (Å²) in [6.45, 7) is 9.59. The predicted molar refractivity (Wildman–Crippen MR) is 135 cm³/mol. The number of rotatable bonds is 11. The molecule has 0 aromatic heterocycles. The average molecular weight is 470 g/mol. The van der Waals surface area contributed by atoms with Crippen molar-refractivity contribution in [1.82, 2.24) is 0 Å². The van der Waals surface area contributed by atoms with Crippen LogP contribution in [-0.4, -0.2) is 6.61 Å². The number of halogens is 2. The zero-order chi connectivity index (χ0) is 22.9. The lowest BCUT2D eigenvalue weighted by Crippen LogP contribution is -2.07. The van der Waals surface area contributed by atoms with Gasteiger partial charge in [0, 0.05) is 33.4 Å². The molecular weight excluding hydrogens is 441 g/mol. The number of ether oxygens (including phenoxy) is 2. The van der Waals surface area contributed by atoms with E-state index in [4.69, 9.17) is 32.7 Å². The SMILES string of the molecule is C=CCc1cc(CNc2ccccc2CC)cc(OCC)c1OCc1ccc(Cl)cc1Cl. The molecule has 5 heteroatoms. The van der Waals surface area contributed by atoms with Crippen molar-refractivity contribution in [3.8, 4) is 11.5 Å². The first-order chi connectivity index (χ1) is 15.5. The first kappa shape index (κ1) is 24.0. The molecule has 0 saturated carbocycles. The molecule has 0 atom stereocenters. The summed E-state index contributed by atoms with van der Waals surface area (Å²) < 4.78 is 12.2. The first-order valence-electron chi connectivity index (χ1n) is 10.8. The minimum Gasteiger partial charge on any atom is -0.490 e. The van der Waals surface area contributed by atoms with Crippen LogP contribution in [-0.2, 0) is 26.0 Å². The van der Waals surface area contributed by atoms with Crippen molar-refractivity contribution < 1.29 is 9.47 Å². The number of allylic oxidation sites excluding steroid dienone is 1. The second kappa shape index (κ2) is 11.8. The summed E-state index contributed by atoms with van der Waals surface area (Å²) in [4.78, 5) is 0. The fourth-order valence-corrected chi connectivity index (χ4v) is 4.01. The third kappa shape index (κ3) is 6.21. The van der Waals surface area contributed by atoms with E-state index in [1.54, 1.807) is 6.07 Å². The standard InChI is InChI=1S/C27H29Cl2NO2/c1-4-9-21-14-19(17-30-25-11-8-7-10-20(25)5-2)15-26(31-6-3)27(21)32-18-22-12-13-23(28)16-24(22)29/h4,7-8,10-16,30H,1,5-6,9,17-18H2,2-3H3. The highest BCUT2D eigenvalue weighted by molar-refractivity contribution is 6.35. The van der Waals surface area contributed by atoms with Gasteiger partial charge in [0.25, 0.3) is 0 Å². The van der Waals surface area contributed by atoms with Gasteiger partial charge in [-0.1, -0.05) is 60.5 Å². The van der Waals surface area contributed by atoms with E-state index in [1.165, 1.54) is 5.56 Å². The Balaban J connectivity index is 1.86. The van der Waals surface area contributed by atoms with Gasteiger partial charge in [0.15, 0.2) is 11.5 Å². The van der Waals surface area contributed by atoms with Crippen molar-refractivity contribution in [3.05, 3.63) is 99.6 Å². The van der Waals surface area contributed by atoms with Gasteiger partial charge < -0.3 is 14.8 Å². The molecule has 0 bridgehead atoms. The highest BCUT2D eigenvalue weighted by atomic mass is 35.5. The Kier molecular flexibility index (Phi) is 8.90. The van der Waals surface area contributed by atoms with E-state index in [1.807, 2.05) is 31.2 Å². The first-order valence-corrected chi connectivity index (χ1v) is 11.6. The lowest BCUT2D eigenvalue weighted by Gasteiger charge is -2.19. The monoisotopic (exact) mass is 469 g/mol. The molecule has 3 rings (SSSR count). The van der Waals surface area contributed by atoms with Gasteiger partial charge in [-0.2, -0.15) is 0 Å². The Labute approximate surface area is 201 Å². The van der Waals surface area contributed by atoms with Crippen LogP contribution < -0.4 is 14.8 Å². The fraction of sp³-hybridized carbons (Fsp3) is 0.259. The largest absolute Gasteiger partial charge is 0.490 e. The lowest BCUT2D eigenvalue weighted by molar-refractivity contribution is 0.267. The van der Waals surface area contributed by atoms with Gasteiger partial charge in [-0.3, -0.25) is 0 Å². The van der Waals surface area contributed by atoms with Crippen LogP contribution in [0, 0.1) is 0 Å². The molecule has 0 aliphatic heterocycles. The van der Waals surface area contributed by atoms with Gasteiger partial charge in [0.2, 0.25) is 0 Å². The van der Waals surface area contributed by atoms with Crippen LogP contribution in [0.5, 0.6) is 11.5 Å². The van der Waals surface area contributed by atoms with Crippen LogP contribution in [0.2, 0.25) is 10.0 Å². The van der Waals surface area contributed by atoms with E-state index >= 15 is 0 Å². The molecule has 0 unspecified atom stereocenters. The molecule has 0 radical (unpaired) electrons. The molecule has 0 saturated heterocycles. The van der Waals surface area contributed by atoms with Gasteiger partial charge in [0.05, 0.1) is 6.61 Å². The molecule has 1 N–H and O–H groups in total. The van der Waals surface area contributed by atoms with Crippen molar-refractivity contribution in [2.75, 3.05) is 11.9 Å². The predicted octanol–water partition coefficient (Wildman–Crippen LogP) is 7.87. The van der Waals surface area contributed by atoms with Crippen molar-refractivity contribution in [2.45, 2.75) is 39.8 Å². The van der Waals surface area contributed by atoms with E-state index in [9.17, 15) is 0 Å². The highest BCUT2D eigenvalue weighted by Crippen LogP contribution is 2.35. The second-order valence-electron chi connectivity index (χ2n) is 7.40. The zero-order valence-corrected chi connectivity index (χ0v) is 20.1. The van der Waals surface area contributed by atoms with Crippen LogP contribution in [0.15, 0.2) is 67.3 Å². The minimum atomic E-state index is 0.321. The molecule has 0 heterocycles. The van der Waals surface area contributed by atoms with Gasteiger partial charge in [-0.25, -0.2) is 0 Å². The molecule has 3 aromatic rings. The van der Waals surface area contributed by atoms with Crippen molar-refractivity contribution in [2.24, 2.45) is 0 Å². The fourth-order valence-electron chi connectivity index (χ4n) is 3.55. The summed E-state index contributed by atoms with van der Waals surface area (Å²) in [5.74, 6) is 1.44. The van der Waals surface area contributed by atoms with Crippen LogP contribution in [0.1, 0.15) is 36.1 Å². The molecule has 0 aliphatic carbocycles. The maximum atomic E-state index is 6.33. The molecule has 168 valence electrons. The van der Waals surface area contributed by atoms with Gasteiger partial charge in [-0.15, -0.1) is 6.58 Å². The van der Waals surface area contributed by atoms with E-state index in [2.05, 4.69) is 49.2 Å². The van der Waals surface area contributed by atoms with E-state index in [0.29, 0.717) is 36.2 Å². The molecular formula is C27H29Cl2NO2. The lowest BCUT2D eigenvalue weighted by atomic mass is 10.0. The normalized spacial score (nSPS) is 10.6. The molecule has 0 amide bonds. The van der Waals surface area contributed by atoms with Crippen molar-refractivity contribution in [3.63, 3.8) is 0 Å². The van der Waals surface area contributed by atoms with Gasteiger partial charge in [0.1, 0.15) is 6.61 Å². The quantitative estimate of drug-likeness (QED) is 0.289. The highest BCUT2D eigenvalue weighted by Gasteiger charge is 2.15. The van der Waals surface area contributed by atoms with Crippen LogP contribution in [0.4, 0.5) is 5.69 Å². The Morgan fingerprint density at radius 2 is 1.75 bits per heavy atom. The Morgan fingerprint density at radius 1 is 0.938 bits per heavy atom.